The van der Waals surface area contributed by atoms with E-state index in [1.165, 1.54) is 34.7 Å². The van der Waals surface area contributed by atoms with Crippen molar-refractivity contribution >= 4 is 35.1 Å². The van der Waals surface area contributed by atoms with Crippen molar-refractivity contribution in [3.63, 3.8) is 0 Å². The number of hydrogen-bond donors (Lipinski definition) is 1. The summed E-state index contributed by atoms with van der Waals surface area (Å²) in [6, 6.07) is 20.0. The summed E-state index contributed by atoms with van der Waals surface area (Å²) in [6.07, 6.45) is -2.87. The Morgan fingerprint density at radius 3 is 2.37 bits per heavy atom. The first-order chi connectivity index (χ1) is 19.6. The first-order valence-corrected chi connectivity index (χ1v) is 13.3. The fourth-order valence-electron chi connectivity index (χ4n) is 6.75. The number of imide groups is 1. The molecule has 2 aliphatic carbocycles. The molecule has 0 spiro atoms. The van der Waals surface area contributed by atoms with Gasteiger partial charge in [0.1, 0.15) is 0 Å². The van der Waals surface area contributed by atoms with Crippen molar-refractivity contribution < 1.29 is 37.1 Å². The Morgan fingerprint density at radius 1 is 0.878 bits per heavy atom. The lowest BCUT2D eigenvalue weighted by Gasteiger charge is -2.28. The number of benzene rings is 3. The third-order valence-corrected chi connectivity index (χ3v) is 8.39. The molecule has 3 amide bonds. The van der Waals surface area contributed by atoms with E-state index in [9.17, 15) is 32.3 Å². The normalized spacial score (nSPS) is 24.9. The molecule has 41 heavy (non-hydrogen) atoms. The summed E-state index contributed by atoms with van der Waals surface area (Å²) in [6.45, 7) is -0.741. The predicted molar refractivity (Wildman–Crippen MR) is 142 cm³/mol. The van der Waals surface area contributed by atoms with Crippen LogP contribution in [-0.4, -0.2) is 30.3 Å². The number of halogens is 3. The Bertz CT molecular complexity index is 1540. The van der Waals surface area contributed by atoms with Crippen molar-refractivity contribution in [3.05, 3.63) is 95.6 Å². The topological polar surface area (TPSA) is 92.8 Å². The summed E-state index contributed by atoms with van der Waals surface area (Å²) in [5.41, 5.74) is 0.440. The second-order valence-electron chi connectivity index (χ2n) is 10.7. The van der Waals surface area contributed by atoms with Crippen molar-refractivity contribution in [3.8, 4) is 0 Å². The fourth-order valence-corrected chi connectivity index (χ4v) is 6.75. The molecular formula is C31H25F3N2O5. The summed E-state index contributed by atoms with van der Waals surface area (Å²) in [5, 5.41) is 2.27. The van der Waals surface area contributed by atoms with Crippen LogP contribution in [0.1, 0.15) is 40.2 Å². The minimum atomic E-state index is -4.57. The molecule has 0 unspecified atom stereocenters. The van der Waals surface area contributed by atoms with Gasteiger partial charge in [0, 0.05) is 5.69 Å². The number of carbonyl (C=O) groups excluding carboxylic acids is 4. The molecule has 1 saturated heterocycles. The molecule has 3 aromatic carbocycles. The number of rotatable bonds is 6. The van der Waals surface area contributed by atoms with Gasteiger partial charge in [-0.05, 0) is 72.6 Å². The van der Waals surface area contributed by atoms with E-state index in [2.05, 4.69) is 17.4 Å². The van der Waals surface area contributed by atoms with Gasteiger partial charge in [-0.1, -0.05) is 42.5 Å². The van der Waals surface area contributed by atoms with Crippen LogP contribution in [0.5, 0.6) is 0 Å². The van der Waals surface area contributed by atoms with E-state index in [-0.39, 0.29) is 52.4 Å². The predicted octanol–water partition coefficient (Wildman–Crippen LogP) is 5.43. The summed E-state index contributed by atoms with van der Waals surface area (Å²) in [7, 11) is 0. The van der Waals surface area contributed by atoms with E-state index in [1.54, 1.807) is 6.07 Å². The number of ether oxygens (including phenoxy) is 1. The number of carbonyl (C=O) groups is 4. The highest BCUT2D eigenvalue weighted by Gasteiger charge is 2.64. The number of nitrogens with zero attached hydrogens (tertiary/aromatic N) is 1. The summed E-state index contributed by atoms with van der Waals surface area (Å²) in [5.74, 6) is -2.57. The van der Waals surface area contributed by atoms with Gasteiger partial charge in [0.2, 0.25) is 11.8 Å². The molecule has 3 aromatic rings. The molecule has 3 fully saturated rings. The highest BCUT2D eigenvalue weighted by molar-refractivity contribution is 6.23. The highest BCUT2D eigenvalue weighted by atomic mass is 19.4. The van der Waals surface area contributed by atoms with E-state index in [1.807, 2.05) is 18.2 Å². The van der Waals surface area contributed by atoms with Gasteiger partial charge in [-0.3, -0.25) is 19.3 Å². The van der Waals surface area contributed by atoms with Crippen LogP contribution in [-0.2, 0) is 25.3 Å². The zero-order chi connectivity index (χ0) is 28.9. The van der Waals surface area contributed by atoms with Crippen molar-refractivity contribution in [1.29, 1.82) is 0 Å². The van der Waals surface area contributed by atoms with E-state index >= 15 is 0 Å². The lowest BCUT2D eigenvalue weighted by Crippen LogP contribution is -2.33. The van der Waals surface area contributed by atoms with Gasteiger partial charge in [0.25, 0.3) is 5.91 Å². The van der Waals surface area contributed by atoms with E-state index in [0.29, 0.717) is 0 Å². The molecule has 5 atom stereocenters. The standard InChI is InChI=1S/C31H25F3N2O5/c32-31(33,34)20-9-5-10-21(15-20)35-25(37)16-41-30(40)18-8-4-11-22(12-18)36-28(38)26-19-13-23(17-6-2-1-3-7-17)24(14-19)27(26)29(36)39/h1-12,15,19,23-24,26-27H,13-14,16H2,(H,35,37)/t19-,23+,24+,26+,27-/m0/s1. The highest BCUT2D eigenvalue weighted by Crippen LogP contribution is 2.61. The minimum Gasteiger partial charge on any atom is -0.452 e. The Labute approximate surface area is 233 Å². The molecule has 0 aromatic heterocycles. The van der Waals surface area contributed by atoms with Crippen LogP contribution in [0, 0.1) is 23.7 Å². The van der Waals surface area contributed by atoms with Gasteiger partial charge in [-0.15, -0.1) is 0 Å². The zero-order valence-electron chi connectivity index (χ0n) is 21.6. The first kappa shape index (κ1) is 26.7. The lowest BCUT2D eigenvalue weighted by atomic mass is 9.73. The first-order valence-electron chi connectivity index (χ1n) is 13.3. The molecule has 7 nitrogen and oxygen atoms in total. The van der Waals surface area contributed by atoms with Gasteiger partial charge in [-0.25, -0.2) is 4.79 Å². The number of hydrogen-bond acceptors (Lipinski definition) is 5. The van der Waals surface area contributed by atoms with Gasteiger partial charge in [0.15, 0.2) is 6.61 Å². The van der Waals surface area contributed by atoms with Crippen LogP contribution in [0.25, 0.3) is 0 Å². The number of esters is 1. The van der Waals surface area contributed by atoms with Crippen molar-refractivity contribution in [1.82, 2.24) is 0 Å². The second-order valence-corrected chi connectivity index (χ2v) is 10.7. The van der Waals surface area contributed by atoms with E-state index < -0.39 is 36.1 Å². The van der Waals surface area contributed by atoms with Gasteiger partial charge in [-0.2, -0.15) is 13.2 Å². The van der Waals surface area contributed by atoms with Gasteiger partial charge in [0.05, 0.1) is 28.7 Å². The molecule has 0 radical (unpaired) electrons. The molecule has 1 heterocycles. The molecule has 2 bridgehead atoms. The third kappa shape index (κ3) is 4.87. The van der Waals surface area contributed by atoms with Gasteiger partial charge >= 0.3 is 12.1 Å². The van der Waals surface area contributed by atoms with Crippen molar-refractivity contribution in [2.45, 2.75) is 24.9 Å². The van der Waals surface area contributed by atoms with Crippen LogP contribution in [0.4, 0.5) is 24.5 Å². The molecule has 2 saturated carbocycles. The van der Waals surface area contributed by atoms with Crippen molar-refractivity contribution in [2.24, 2.45) is 23.7 Å². The van der Waals surface area contributed by atoms with Crippen LogP contribution >= 0.6 is 0 Å². The van der Waals surface area contributed by atoms with Crippen LogP contribution in [0.2, 0.25) is 0 Å². The van der Waals surface area contributed by atoms with E-state index in [4.69, 9.17) is 4.74 Å². The smallest absolute Gasteiger partial charge is 0.416 e. The van der Waals surface area contributed by atoms with Crippen LogP contribution in [0.15, 0.2) is 78.9 Å². The number of nitrogens with one attached hydrogen (secondary N) is 1. The number of alkyl halides is 3. The molecule has 210 valence electrons. The Kier molecular flexibility index (Phi) is 6.63. The zero-order valence-corrected chi connectivity index (χ0v) is 21.6. The van der Waals surface area contributed by atoms with Crippen molar-refractivity contribution in [2.75, 3.05) is 16.8 Å². The van der Waals surface area contributed by atoms with Gasteiger partial charge < -0.3 is 10.1 Å². The molecule has 1 aliphatic heterocycles. The largest absolute Gasteiger partial charge is 0.452 e. The maximum absolute atomic E-state index is 13.6. The molecule has 3 aliphatic rings. The SMILES string of the molecule is O=C(COC(=O)c1cccc(N2C(=O)[C@@H]3[C@@H]4C[C@@H]([C@@H]3C2=O)[C@@H](c2ccccc2)C4)c1)Nc1cccc(C(F)(F)F)c1. The lowest BCUT2D eigenvalue weighted by molar-refractivity contribution is -0.137. The monoisotopic (exact) mass is 562 g/mol. The Hall–Kier alpha value is -4.47. The molecule has 10 heteroatoms. The third-order valence-electron chi connectivity index (χ3n) is 8.39. The number of amides is 3. The number of fused-ring (bicyclic) bond motifs is 5. The molecule has 1 N–H and O–H groups in total. The van der Waals surface area contributed by atoms with E-state index in [0.717, 1.165) is 31.0 Å². The van der Waals surface area contributed by atoms with Crippen LogP contribution < -0.4 is 10.2 Å². The summed E-state index contributed by atoms with van der Waals surface area (Å²) in [4.78, 5) is 53.1. The molecular weight excluding hydrogens is 537 g/mol. The second kappa shape index (κ2) is 10.2. The Morgan fingerprint density at radius 2 is 1.61 bits per heavy atom. The Balaban J connectivity index is 1.12. The average Bonchev–Trinajstić information content (AvgIpc) is 3.63. The maximum atomic E-state index is 13.6. The average molecular weight is 563 g/mol. The fraction of sp³-hybridized carbons (Fsp3) is 0.290. The summed E-state index contributed by atoms with van der Waals surface area (Å²) >= 11 is 0. The minimum absolute atomic E-state index is 0.0252. The summed E-state index contributed by atoms with van der Waals surface area (Å²) < 4.78 is 43.8. The van der Waals surface area contributed by atoms with Crippen LogP contribution in [0.3, 0.4) is 0 Å². The maximum Gasteiger partial charge on any atom is 0.416 e. The quantitative estimate of drug-likeness (QED) is 0.320. The molecule has 6 rings (SSSR count). The number of anilines is 2.